The third-order valence-corrected chi connectivity index (χ3v) is 4.10. The molecule has 0 bridgehead atoms. The fraction of sp³-hybridized carbons (Fsp3) is 0.136. The summed E-state index contributed by atoms with van der Waals surface area (Å²) in [6.07, 6.45) is -2.63. The number of aromatic nitrogens is 1. The first-order valence-corrected chi connectivity index (χ1v) is 9.10. The van der Waals surface area contributed by atoms with Crippen molar-refractivity contribution < 1.29 is 32.2 Å². The van der Waals surface area contributed by atoms with Crippen LogP contribution in [0.3, 0.4) is 0 Å². The first kappa shape index (κ1) is 21.8. The van der Waals surface area contributed by atoms with Crippen LogP contribution in [0, 0.1) is 0 Å². The Morgan fingerprint density at radius 3 is 2.35 bits per heavy atom. The van der Waals surface area contributed by atoms with Crippen LogP contribution in [-0.4, -0.2) is 23.0 Å². The van der Waals surface area contributed by atoms with E-state index < -0.39 is 29.7 Å². The smallest absolute Gasteiger partial charge is 0.416 e. The van der Waals surface area contributed by atoms with Gasteiger partial charge in [0, 0.05) is 11.9 Å². The van der Waals surface area contributed by atoms with Crippen LogP contribution < -0.4 is 10.1 Å². The average Bonchev–Trinajstić information content (AvgIpc) is 2.74. The molecule has 1 unspecified atom stereocenters. The summed E-state index contributed by atoms with van der Waals surface area (Å²) in [7, 11) is 0. The van der Waals surface area contributed by atoms with Crippen LogP contribution in [0.25, 0.3) is 0 Å². The van der Waals surface area contributed by atoms with E-state index in [2.05, 4.69) is 10.3 Å². The maximum atomic E-state index is 12.6. The Kier molecular flexibility index (Phi) is 6.54. The molecule has 31 heavy (non-hydrogen) atoms. The van der Waals surface area contributed by atoms with Gasteiger partial charge in [-0.2, -0.15) is 13.2 Å². The number of nitrogens with one attached hydrogen (secondary N) is 1. The van der Waals surface area contributed by atoms with Crippen molar-refractivity contribution in [3.63, 3.8) is 0 Å². The Morgan fingerprint density at radius 1 is 1.00 bits per heavy atom. The van der Waals surface area contributed by atoms with E-state index in [1.54, 1.807) is 36.5 Å². The van der Waals surface area contributed by atoms with Crippen molar-refractivity contribution in [1.82, 2.24) is 4.98 Å². The van der Waals surface area contributed by atoms with Gasteiger partial charge in [0.15, 0.2) is 6.10 Å². The number of hydrogen-bond acceptors (Lipinski definition) is 5. The summed E-state index contributed by atoms with van der Waals surface area (Å²) < 4.78 is 48.7. The Morgan fingerprint density at radius 2 is 1.71 bits per heavy atom. The second kappa shape index (κ2) is 9.29. The Labute approximate surface area is 175 Å². The van der Waals surface area contributed by atoms with Crippen LogP contribution in [-0.2, 0) is 15.7 Å². The number of hydrogen-bond donors (Lipinski definition) is 1. The third-order valence-electron chi connectivity index (χ3n) is 4.10. The zero-order chi connectivity index (χ0) is 22.4. The van der Waals surface area contributed by atoms with Crippen molar-refractivity contribution >= 4 is 17.6 Å². The van der Waals surface area contributed by atoms with E-state index in [0.29, 0.717) is 5.75 Å². The minimum atomic E-state index is -4.48. The van der Waals surface area contributed by atoms with Gasteiger partial charge in [-0.15, -0.1) is 0 Å². The van der Waals surface area contributed by atoms with Gasteiger partial charge >= 0.3 is 12.1 Å². The van der Waals surface area contributed by atoms with E-state index in [-0.39, 0.29) is 17.0 Å². The number of rotatable bonds is 6. The van der Waals surface area contributed by atoms with Crippen molar-refractivity contribution in [2.24, 2.45) is 0 Å². The number of benzene rings is 2. The highest BCUT2D eigenvalue weighted by atomic mass is 19.4. The molecule has 9 heteroatoms. The summed E-state index contributed by atoms with van der Waals surface area (Å²) in [5.41, 5.74) is -0.600. The Balaban J connectivity index is 1.64. The lowest BCUT2D eigenvalue weighted by Crippen LogP contribution is -2.30. The summed E-state index contributed by atoms with van der Waals surface area (Å²) >= 11 is 0. The van der Waals surface area contributed by atoms with E-state index in [4.69, 9.17) is 9.47 Å². The van der Waals surface area contributed by atoms with E-state index in [1.807, 2.05) is 0 Å². The fourth-order valence-electron chi connectivity index (χ4n) is 2.52. The molecule has 2 aromatic carbocycles. The number of pyridine rings is 1. The Hall–Kier alpha value is -3.88. The second-order valence-electron chi connectivity index (χ2n) is 6.40. The molecule has 0 radical (unpaired) electrons. The largest absolute Gasteiger partial charge is 0.455 e. The third kappa shape index (κ3) is 5.81. The van der Waals surface area contributed by atoms with E-state index in [1.165, 1.54) is 19.2 Å². The molecule has 1 N–H and O–H groups in total. The lowest BCUT2D eigenvalue weighted by molar-refractivity contribution is -0.137. The molecule has 3 aromatic rings. The number of alkyl halides is 3. The SMILES string of the molecule is CC(OC(=O)c1ccccc1Oc1cccnc1)C(=O)Nc1ccc(C(F)(F)F)cc1. The van der Waals surface area contributed by atoms with Crippen molar-refractivity contribution in [2.75, 3.05) is 5.32 Å². The molecule has 0 aliphatic heterocycles. The number of para-hydroxylation sites is 1. The van der Waals surface area contributed by atoms with E-state index >= 15 is 0 Å². The molecule has 1 heterocycles. The molecule has 0 aliphatic rings. The van der Waals surface area contributed by atoms with Crippen molar-refractivity contribution in [3.05, 3.63) is 84.2 Å². The van der Waals surface area contributed by atoms with Gasteiger partial charge in [0.1, 0.15) is 17.1 Å². The molecule has 0 aliphatic carbocycles. The summed E-state index contributed by atoms with van der Waals surface area (Å²) in [4.78, 5) is 28.8. The number of esters is 1. The normalized spacial score (nSPS) is 12.0. The van der Waals surface area contributed by atoms with Gasteiger partial charge in [-0.3, -0.25) is 9.78 Å². The summed E-state index contributed by atoms with van der Waals surface area (Å²) in [5.74, 6) is -0.861. The maximum Gasteiger partial charge on any atom is 0.416 e. The minimum absolute atomic E-state index is 0.0977. The molecule has 3 rings (SSSR count). The molecule has 1 atom stereocenters. The van der Waals surface area contributed by atoms with Crippen molar-refractivity contribution in [2.45, 2.75) is 19.2 Å². The summed E-state index contributed by atoms with van der Waals surface area (Å²) in [6, 6.07) is 13.6. The van der Waals surface area contributed by atoms with Crippen LogP contribution in [0.4, 0.5) is 18.9 Å². The zero-order valence-corrected chi connectivity index (χ0v) is 16.2. The highest BCUT2D eigenvalue weighted by Gasteiger charge is 2.30. The van der Waals surface area contributed by atoms with Crippen molar-refractivity contribution in [3.8, 4) is 11.5 Å². The van der Waals surface area contributed by atoms with Crippen LogP contribution in [0.15, 0.2) is 73.1 Å². The van der Waals surface area contributed by atoms with Crippen LogP contribution in [0.5, 0.6) is 11.5 Å². The van der Waals surface area contributed by atoms with Gasteiger partial charge in [-0.25, -0.2) is 4.79 Å². The second-order valence-corrected chi connectivity index (χ2v) is 6.40. The van der Waals surface area contributed by atoms with Crippen LogP contribution >= 0.6 is 0 Å². The summed E-state index contributed by atoms with van der Waals surface area (Å²) in [5, 5.41) is 2.41. The van der Waals surface area contributed by atoms with Gasteiger partial charge < -0.3 is 14.8 Å². The molecule has 0 saturated carbocycles. The lowest BCUT2D eigenvalue weighted by atomic mass is 10.2. The Bertz CT molecular complexity index is 1050. The monoisotopic (exact) mass is 430 g/mol. The van der Waals surface area contributed by atoms with Gasteiger partial charge in [-0.1, -0.05) is 12.1 Å². The number of ether oxygens (including phenoxy) is 2. The molecule has 160 valence electrons. The van der Waals surface area contributed by atoms with Crippen LogP contribution in [0.2, 0.25) is 0 Å². The van der Waals surface area contributed by atoms with Crippen LogP contribution in [0.1, 0.15) is 22.8 Å². The number of nitrogens with zero attached hydrogens (tertiary/aromatic N) is 1. The molecule has 1 aromatic heterocycles. The molecule has 0 saturated heterocycles. The fourth-order valence-corrected chi connectivity index (χ4v) is 2.52. The van der Waals surface area contributed by atoms with Gasteiger partial charge in [-0.05, 0) is 55.5 Å². The lowest BCUT2D eigenvalue weighted by Gasteiger charge is -2.15. The molecule has 0 spiro atoms. The van der Waals surface area contributed by atoms with E-state index in [0.717, 1.165) is 24.3 Å². The molecule has 1 amide bonds. The number of halogens is 3. The highest BCUT2D eigenvalue weighted by Crippen LogP contribution is 2.30. The molecular formula is C22H17F3N2O4. The standard InChI is InChI=1S/C22H17F3N2O4/c1-14(20(28)27-16-10-8-15(9-11-16)22(23,24)25)30-21(29)18-6-2-3-7-19(18)31-17-5-4-12-26-13-17/h2-14H,1H3,(H,27,28). The number of carbonyl (C=O) groups is 2. The highest BCUT2D eigenvalue weighted by molar-refractivity contribution is 5.98. The molecular weight excluding hydrogens is 413 g/mol. The van der Waals surface area contributed by atoms with E-state index in [9.17, 15) is 22.8 Å². The maximum absolute atomic E-state index is 12.6. The minimum Gasteiger partial charge on any atom is -0.455 e. The first-order valence-electron chi connectivity index (χ1n) is 9.10. The van der Waals surface area contributed by atoms with Gasteiger partial charge in [0.25, 0.3) is 5.91 Å². The molecule has 6 nitrogen and oxygen atoms in total. The number of amides is 1. The first-order chi connectivity index (χ1) is 14.7. The van der Waals surface area contributed by atoms with Gasteiger partial charge in [0.2, 0.25) is 0 Å². The quantitative estimate of drug-likeness (QED) is 0.552. The predicted molar refractivity (Wildman–Crippen MR) is 106 cm³/mol. The number of anilines is 1. The van der Waals surface area contributed by atoms with Gasteiger partial charge in [0.05, 0.1) is 11.8 Å². The summed E-state index contributed by atoms with van der Waals surface area (Å²) in [6.45, 7) is 1.35. The topological polar surface area (TPSA) is 77.5 Å². The zero-order valence-electron chi connectivity index (χ0n) is 16.2. The van der Waals surface area contributed by atoms with Crippen molar-refractivity contribution in [1.29, 1.82) is 0 Å². The molecule has 0 fully saturated rings. The number of carbonyl (C=O) groups excluding carboxylic acids is 2. The predicted octanol–water partition coefficient (Wildman–Crippen LogP) is 5.08. The average molecular weight is 430 g/mol.